The summed E-state index contributed by atoms with van der Waals surface area (Å²) in [5.74, 6) is -0.610. The van der Waals surface area contributed by atoms with Crippen molar-refractivity contribution in [1.82, 2.24) is 35.1 Å². The Balaban J connectivity index is 1.46. The fourth-order valence-electron chi connectivity index (χ4n) is 3.10. The molecule has 0 fully saturated rings. The predicted octanol–water partition coefficient (Wildman–Crippen LogP) is 2.79. The first-order valence-corrected chi connectivity index (χ1v) is 9.43. The number of pyridine rings is 1. The molecule has 3 heterocycles. The van der Waals surface area contributed by atoms with E-state index in [4.69, 9.17) is 0 Å². The van der Waals surface area contributed by atoms with E-state index in [1.165, 1.54) is 10.9 Å². The smallest absolute Gasteiger partial charge is 0.253 e. The highest BCUT2D eigenvalue weighted by Crippen LogP contribution is 2.16. The van der Waals surface area contributed by atoms with E-state index in [0.717, 1.165) is 11.8 Å². The van der Waals surface area contributed by atoms with Crippen molar-refractivity contribution in [3.05, 3.63) is 78.1 Å². The highest BCUT2D eigenvalue weighted by atomic mass is 19.1. The second-order valence-corrected chi connectivity index (χ2v) is 7.00. The Labute approximate surface area is 172 Å². The Morgan fingerprint density at radius 2 is 1.93 bits per heavy atom. The van der Waals surface area contributed by atoms with Crippen LogP contribution in [0, 0.1) is 12.7 Å². The van der Waals surface area contributed by atoms with Crippen LogP contribution in [-0.2, 0) is 6.54 Å². The summed E-state index contributed by atoms with van der Waals surface area (Å²) in [6.07, 6.45) is 6.09. The highest BCUT2D eigenvalue weighted by molar-refractivity contribution is 5.98. The molecule has 1 aromatic carbocycles. The molecule has 0 bridgehead atoms. The predicted molar refractivity (Wildman–Crippen MR) is 108 cm³/mol. The molecular weight excluding hydrogens is 385 g/mol. The second-order valence-electron chi connectivity index (χ2n) is 7.00. The number of halogens is 1. The van der Waals surface area contributed by atoms with E-state index < -0.39 is 5.82 Å². The van der Waals surface area contributed by atoms with E-state index in [-0.39, 0.29) is 11.9 Å². The largest absolute Gasteiger partial charge is 0.348 e. The van der Waals surface area contributed by atoms with Gasteiger partial charge in [-0.05, 0) is 44.2 Å². The van der Waals surface area contributed by atoms with E-state index in [1.807, 2.05) is 32.0 Å². The number of aryl methyl sites for hydroxylation is 1. The monoisotopic (exact) mass is 405 g/mol. The van der Waals surface area contributed by atoms with E-state index in [1.54, 1.807) is 35.4 Å². The number of carbonyl (C=O) groups excluding carboxylic acids is 1. The third kappa shape index (κ3) is 4.24. The molecule has 0 radical (unpaired) electrons. The number of hydrogen-bond acceptors (Lipinski definition) is 5. The molecule has 152 valence electrons. The maximum absolute atomic E-state index is 13.0. The standard InChI is InChI=1S/C21H20FN7O/c1-14-3-6-20(29-24-8-9-25-29)17(11-14)21(30)26-15(2)13-28-10-7-19(27-28)18-5-4-16(22)12-23-18/h3-12,15H,13H2,1-2H3,(H,26,30)/t15-/m0/s1. The van der Waals surface area contributed by atoms with Crippen molar-refractivity contribution < 1.29 is 9.18 Å². The van der Waals surface area contributed by atoms with Crippen molar-refractivity contribution in [1.29, 1.82) is 0 Å². The summed E-state index contributed by atoms with van der Waals surface area (Å²) in [6, 6.07) is 10.1. The molecule has 3 aromatic heterocycles. The molecule has 0 aliphatic carbocycles. The molecule has 0 spiro atoms. The minimum absolute atomic E-state index is 0.189. The summed E-state index contributed by atoms with van der Waals surface area (Å²) in [4.78, 5) is 18.4. The lowest BCUT2D eigenvalue weighted by atomic mass is 10.1. The Kier molecular flexibility index (Phi) is 5.34. The zero-order valence-corrected chi connectivity index (χ0v) is 16.5. The van der Waals surface area contributed by atoms with E-state index >= 15 is 0 Å². The van der Waals surface area contributed by atoms with Crippen molar-refractivity contribution in [2.24, 2.45) is 0 Å². The minimum Gasteiger partial charge on any atom is -0.348 e. The molecule has 0 aliphatic heterocycles. The van der Waals surface area contributed by atoms with Gasteiger partial charge >= 0.3 is 0 Å². The van der Waals surface area contributed by atoms with Gasteiger partial charge in [-0.3, -0.25) is 14.5 Å². The van der Waals surface area contributed by atoms with Crippen molar-refractivity contribution in [2.45, 2.75) is 26.4 Å². The molecule has 9 heteroatoms. The van der Waals surface area contributed by atoms with Crippen LogP contribution >= 0.6 is 0 Å². The minimum atomic E-state index is -0.393. The van der Waals surface area contributed by atoms with Gasteiger partial charge in [0.2, 0.25) is 0 Å². The number of rotatable bonds is 6. The SMILES string of the molecule is Cc1ccc(-n2nccn2)c(C(=O)N[C@@H](C)Cn2ccc(-c3ccc(F)cn3)n2)c1. The maximum atomic E-state index is 13.0. The number of hydrogen-bond donors (Lipinski definition) is 1. The normalized spacial score (nSPS) is 12.0. The maximum Gasteiger partial charge on any atom is 0.253 e. The number of nitrogens with one attached hydrogen (secondary N) is 1. The van der Waals surface area contributed by atoms with Crippen LogP contribution in [0.1, 0.15) is 22.8 Å². The average molecular weight is 405 g/mol. The molecule has 1 atom stereocenters. The summed E-state index contributed by atoms with van der Waals surface area (Å²) in [6.45, 7) is 4.29. The zero-order valence-electron chi connectivity index (χ0n) is 16.5. The molecule has 4 aromatic rings. The van der Waals surface area contributed by atoms with Gasteiger partial charge < -0.3 is 5.32 Å². The fourth-order valence-corrected chi connectivity index (χ4v) is 3.10. The van der Waals surface area contributed by atoms with Gasteiger partial charge in [-0.25, -0.2) is 4.39 Å². The quantitative estimate of drug-likeness (QED) is 0.533. The zero-order chi connectivity index (χ0) is 21.1. The first-order valence-electron chi connectivity index (χ1n) is 9.43. The Morgan fingerprint density at radius 3 is 2.67 bits per heavy atom. The van der Waals surface area contributed by atoms with Gasteiger partial charge in [-0.1, -0.05) is 11.6 Å². The fraction of sp³-hybridized carbons (Fsp3) is 0.190. The number of benzene rings is 1. The van der Waals surface area contributed by atoms with Gasteiger partial charge in [0, 0.05) is 12.2 Å². The molecule has 4 rings (SSSR count). The molecule has 0 saturated heterocycles. The summed E-state index contributed by atoms with van der Waals surface area (Å²) in [5, 5.41) is 15.7. The van der Waals surface area contributed by atoms with Gasteiger partial charge in [-0.15, -0.1) is 0 Å². The third-order valence-electron chi connectivity index (χ3n) is 4.50. The van der Waals surface area contributed by atoms with Crippen LogP contribution in [0.25, 0.3) is 17.1 Å². The van der Waals surface area contributed by atoms with Crippen LogP contribution in [0.15, 0.2) is 61.2 Å². The van der Waals surface area contributed by atoms with Crippen molar-refractivity contribution in [3.63, 3.8) is 0 Å². The molecule has 30 heavy (non-hydrogen) atoms. The Morgan fingerprint density at radius 1 is 1.13 bits per heavy atom. The van der Waals surface area contributed by atoms with Gasteiger partial charge in [0.05, 0.1) is 42.1 Å². The first-order chi connectivity index (χ1) is 14.5. The first kappa shape index (κ1) is 19.4. The number of carbonyl (C=O) groups is 1. The van der Waals surface area contributed by atoms with Gasteiger partial charge in [0.25, 0.3) is 5.91 Å². The van der Waals surface area contributed by atoms with Crippen LogP contribution in [0.5, 0.6) is 0 Å². The van der Waals surface area contributed by atoms with E-state index in [9.17, 15) is 9.18 Å². The molecular formula is C21H20FN7O. The second kappa shape index (κ2) is 8.24. The van der Waals surface area contributed by atoms with Gasteiger partial charge in [0.1, 0.15) is 11.5 Å². The Bertz CT molecular complexity index is 1150. The summed E-state index contributed by atoms with van der Waals surface area (Å²) < 4.78 is 14.8. The Hall–Kier alpha value is -3.88. The molecule has 8 nitrogen and oxygen atoms in total. The lowest BCUT2D eigenvalue weighted by Crippen LogP contribution is -2.36. The van der Waals surface area contributed by atoms with Crippen LogP contribution < -0.4 is 5.32 Å². The van der Waals surface area contributed by atoms with E-state index in [0.29, 0.717) is 29.2 Å². The molecule has 1 amide bonds. The van der Waals surface area contributed by atoms with Crippen molar-refractivity contribution in [3.8, 4) is 17.1 Å². The lowest BCUT2D eigenvalue weighted by molar-refractivity contribution is 0.0935. The molecule has 0 aliphatic rings. The van der Waals surface area contributed by atoms with Gasteiger partial charge in [0.15, 0.2) is 0 Å². The van der Waals surface area contributed by atoms with E-state index in [2.05, 4.69) is 25.6 Å². The van der Waals surface area contributed by atoms with Crippen LogP contribution in [0.2, 0.25) is 0 Å². The average Bonchev–Trinajstić information content (AvgIpc) is 3.41. The van der Waals surface area contributed by atoms with Crippen molar-refractivity contribution >= 4 is 5.91 Å². The number of amides is 1. The third-order valence-corrected chi connectivity index (χ3v) is 4.50. The molecule has 0 unspecified atom stereocenters. The lowest BCUT2D eigenvalue weighted by Gasteiger charge is -2.16. The van der Waals surface area contributed by atoms with Crippen LogP contribution in [-0.4, -0.2) is 41.7 Å². The van der Waals surface area contributed by atoms with Crippen LogP contribution in [0.4, 0.5) is 4.39 Å². The van der Waals surface area contributed by atoms with Gasteiger partial charge in [-0.2, -0.15) is 20.1 Å². The molecule has 1 N–H and O–H groups in total. The number of nitrogens with zero attached hydrogens (tertiary/aromatic N) is 6. The summed E-state index contributed by atoms with van der Waals surface area (Å²) >= 11 is 0. The van der Waals surface area contributed by atoms with Crippen LogP contribution in [0.3, 0.4) is 0 Å². The highest BCUT2D eigenvalue weighted by Gasteiger charge is 2.17. The topological polar surface area (TPSA) is 90.5 Å². The summed E-state index contributed by atoms with van der Waals surface area (Å²) in [7, 11) is 0. The number of aromatic nitrogens is 6. The summed E-state index contributed by atoms with van der Waals surface area (Å²) in [5.41, 5.74) is 3.29. The molecule has 0 saturated carbocycles. The van der Waals surface area contributed by atoms with Crippen molar-refractivity contribution in [2.75, 3.05) is 0 Å².